The summed E-state index contributed by atoms with van der Waals surface area (Å²) >= 11 is 0. The number of aromatic nitrogens is 1. The van der Waals surface area contributed by atoms with Gasteiger partial charge in [0.2, 0.25) is 0 Å². The van der Waals surface area contributed by atoms with Gasteiger partial charge in [-0.2, -0.15) is 5.10 Å². The summed E-state index contributed by atoms with van der Waals surface area (Å²) in [6.45, 7) is 0. The normalized spacial score (nSPS) is 10.8. The van der Waals surface area contributed by atoms with Gasteiger partial charge in [0.1, 0.15) is 0 Å². The molecule has 0 fully saturated rings. The lowest BCUT2D eigenvalue weighted by atomic mass is 10.1. The molecule has 3 aromatic rings. The Bertz CT molecular complexity index is 953. The minimum Gasteiger partial charge on any atom is -0.267 e. The molecule has 0 aliphatic rings. The second-order valence-corrected chi connectivity index (χ2v) is 4.93. The van der Waals surface area contributed by atoms with Gasteiger partial charge in [0.05, 0.1) is 22.2 Å². The van der Waals surface area contributed by atoms with E-state index in [1.54, 1.807) is 48.7 Å². The first-order valence-corrected chi connectivity index (χ1v) is 7.07. The molecule has 1 heterocycles. The third kappa shape index (κ3) is 3.25. The van der Waals surface area contributed by atoms with Crippen LogP contribution in [0.15, 0.2) is 65.9 Å². The second kappa shape index (κ2) is 6.66. The number of hydrogen-bond donors (Lipinski definition) is 1. The largest absolute Gasteiger partial charge is 0.278 e. The Morgan fingerprint density at radius 2 is 2.00 bits per heavy atom. The molecule has 0 aliphatic carbocycles. The molecule has 1 N–H and O–H groups in total. The summed E-state index contributed by atoms with van der Waals surface area (Å²) in [4.78, 5) is 26.7. The van der Waals surface area contributed by atoms with Crippen LogP contribution in [0.3, 0.4) is 0 Å². The summed E-state index contributed by atoms with van der Waals surface area (Å²) in [6, 6.07) is 14.9. The average molecular weight is 320 g/mol. The van der Waals surface area contributed by atoms with E-state index in [9.17, 15) is 14.9 Å². The molecule has 0 saturated heterocycles. The number of nitrogens with one attached hydrogen (secondary N) is 1. The number of pyridine rings is 1. The third-order valence-electron chi connectivity index (χ3n) is 3.37. The lowest BCUT2D eigenvalue weighted by Gasteiger charge is -2.02. The van der Waals surface area contributed by atoms with Crippen molar-refractivity contribution in [3.05, 3.63) is 82.0 Å². The van der Waals surface area contributed by atoms with Crippen LogP contribution in [0, 0.1) is 10.1 Å². The summed E-state index contributed by atoms with van der Waals surface area (Å²) in [6.07, 6.45) is 2.93. The third-order valence-corrected chi connectivity index (χ3v) is 3.37. The molecule has 0 aliphatic heterocycles. The zero-order chi connectivity index (χ0) is 16.9. The number of rotatable bonds is 4. The van der Waals surface area contributed by atoms with Crippen LogP contribution >= 0.6 is 0 Å². The number of nitro benzene ring substituents is 1. The molecule has 24 heavy (non-hydrogen) atoms. The zero-order valence-corrected chi connectivity index (χ0v) is 12.4. The molecule has 1 aromatic heterocycles. The van der Waals surface area contributed by atoms with E-state index in [1.165, 1.54) is 12.3 Å². The van der Waals surface area contributed by atoms with Crippen molar-refractivity contribution in [3.8, 4) is 0 Å². The van der Waals surface area contributed by atoms with Crippen LogP contribution in [0.25, 0.3) is 10.9 Å². The van der Waals surface area contributed by atoms with Crippen molar-refractivity contribution in [2.24, 2.45) is 5.10 Å². The molecule has 2 aromatic carbocycles. The summed E-state index contributed by atoms with van der Waals surface area (Å²) in [5.74, 6) is -0.407. The quantitative estimate of drug-likeness (QED) is 0.454. The van der Waals surface area contributed by atoms with E-state index in [2.05, 4.69) is 15.5 Å². The molecule has 1 amide bonds. The topological polar surface area (TPSA) is 97.5 Å². The highest BCUT2D eigenvalue weighted by molar-refractivity contribution is 5.98. The number of fused-ring (bicyclic) bond motifs is 1. The number of carbonyl (C=O) groups excluding carboxylic acids is 1. The Hall–Kier alpha value is -3.61. The maximum absolute atomic E-state index is 12.1. The number of benzene rings is 2. The molecule has 0 saturated carbocycles. The minimum atomic E-state index is -0.500. The number of hydrogen-bond acceptors (Lipinski definition) is 5. The fraction of sp³-hybridized carbons (Fsp3) is 0. The fourth-order valence-electron chi connectivity index (χ4n) is 2.20. The number of para-hydroxylation sites is 1. The van der Waals surface area contributed by atoms with E-state index in [4.69, 9.17) is 0 Å². The van der Waals surface area contributed by atoms with Crippen LogP contribution in [-0.2, 0) is 0 Å². The van der Waals surface area contributed by atoms with Crippen LogP contribution in [0.1, 0.15) is 15.9 Å². The summed E-state index contributed by atoms with van der Waals surface area (Å²) < 4.78 is 0. The van der Waals surface area contributed by atoms with Gasteiger partial charge in [-0.15, -0.1) is 0 Å². The predicted octanol–water partition coefficient (Wildman–Crippen LogP) is 2.91. The lowest BCUT2D eigenvalue weighted by molar-refractivity contribution is -0.385. The lowest BCUT2D eigenvalue weighted by Crippen LogP contribution is -2.17. The van der Waals surface area contributed by atoms with Crippen LogP contribution in [-0.4, -0.2) is 22.0 Å². The van der Waals surface area contributed by atoms with E-state index in [0.717, 1.165) is 10.9 Å². The first-order valence-electron chi connectivity index (χ1n) is 7.07. The maximum atomic E-state index is 12.1. The van der Waals surface area contributed by atoms with E-state index >= 15 is 0 Å². The van der Waals surface area contributed by atoms with Crippen LogP contribution in [0.4, 0.5) is 5.69 Å². The van der Waals surface area contributed by atoms with Gasteiger partial charge in [0.15, 0.2) is 0 Å². The molecule has 118 valence electrons. The molecule has 7 nitrogen and oxygen atoms in total. The highest BCUT2D eigenvalue weighted by Gasteiger charge is 2.10. The van der Waals surface area contributed by atoms with Crippen molar-refractivity contribution in [2.75, 3.05) is 0 Å². The Morgan fingerprint density at radius 1 is 1.17 bits per heavy atom. The highest BCUT2D eigenvalue weighted by Crippen LogP contribution is 2.15. The van der Waals surface area contributed by atoms with Crippen LogP contribution in [0.2, 0.25) is 0 Å². The van der Waals surface area contributed by atoms with Crippen molar-refractivity contribution < 1.29 is 9.72 Å². The van der Waals surface area contributed by atoms with E-state index < -0.39 is 10.8 Å². The van der Waals surface area contributed by atoms with Crippen molar-refractivity contribution in [1.29, 1.82) is 0 Å². The van der Waals surface area contributed by atoms with Gasteiger partial charge in [0.25, 0.3) is 11.6 Å². The van der Waals surface area contributed by atoms with E-state index in [0.29, 0.717) is 11.1 Å². The zero-order valence-electron chi connectivity index (χ0n) is 12.4. The van der Waals surface area contributed by atoms with Gasteiger partial charge in [-0.1, -0.05) is 18.2 Å². The number of amides is 1. The number of nitro groups is 1. The molecule has 0 atom stereocenters. The monoisotopic (exact) mass is 320 g/mol. The Morgan fingerprint density at radius 3 is 2.83 bits per heavy atom. The molecule has 0 unspecified atom stereocenters. The predicted molar refractivity (Wildman–Crippen MR) is 89.9 cm³/mol. The fourth-order valence-corrected chi connectivity index (χ4v) is 2.20. The summed E-state index contributed by atoms with van der Waals surface area (Å²) in [7, 11) is 0. The highest BCUT2D eigenvalue weighted by atomic mass is 16.6. The maximum Gasteiger partial charge on any atom is 0.278 e. The van der Waals surface area contributed by atoms with Gasteiger partial charge in [-0.05, 0) is 30.3 Å². The SMILES string of the molecule is O=C(N/N=C\c1ccccc1[N+](=O)[O-])c1ccc2ncccc2c1. The minimum absolute atomic E-state index is 0.0766. The molecule has 0 bridgehead atoms. The van der Waals surface area contributed by atoms with Gasteiger partial charge >= 0.3 is 0 Å². The van der Waals surface area contributed by atoms with Crippen molar-refractivity contribution >= 4 is 28.7 Å². The Balaban J connectivity index is 1.76. The van der Waals surface area contributed by atoms with Crippen molar-refractivity contribution in [2.45, 2.75) is 0 Å². The number of carbonyl (C=O) groups is 1. The average Bonchev–Trinajstić information content (AvgIpc) is 2.61. The van der Waals surface area contributed by atoms with Crippen LogP contribution < -0.4 is 5.43 Å². The van der Waals surface area contributed by atoms with Gasteiger partial charge < -0.3 is 0 Å². The Labute approximate surface area is 136 Å². The molecule has 0 radical (unpaired) electrons. The molecule has 3 rings (SSSR count). The number of hydrazone groups is 1. The Kier molecular flexibility index (Phi) is 4.24. The standard InChI is InChI=1S/C17H12N4O3/c22-17(13-7-8-15-12(10-13)5-3-9-18-15)20-19-11-14-4-1-2-6-16(14)21(23)24/h1-11H,(H,20,22)/b19-11-. The first kappa shape index (κ1) is 15.3. The van der Waals surface area contributed by atoms with Crippen molar-refractivity contribution in [1.82, 2.24) is 10.4 Å². The van der Waals surface area contributed by atoms with E-state index in [1.807, 2.05) is 6.07 Å². The molecular weight excluding hydrogens is 308 g/mol. The van der Waals surface area contributed by atoms with Gasteiger partial charge in [-0.3, -0.25) is 19.9 Å². The van der Waals surface area contributed by atoms with Gasteiger partial charge in [0, 0.05) is 23.2 Å². The van der Waals surface area contributed by atoms with Gasteiger partial charge in [-0.25, -0.2) is 5.43 Å². The van der Waals surface area contributed by atoms with E-state index in [-0.39, 0.29) is 5.69 Å². The molecular formula is C17H12N4O3. The smallest absolute Gasteiger partial charge is 0.267 e. The summed E-state index contributed by atoms with van der Waals surface area (Å²) in [5, 5.41) is 15.6. The molecule has 7 heteroatoms. The molecule has 0 spiro atoms. The summed E-state index contributed by atoms with van der Waals surface area (Å²) in [5.41, 5.74) is 3.82. The second-order valence-electron chi connectivity index (χ2n) is 4.93. The first-order chi connectivity index (χ1) is 11.6. The number of nitrogens with zero attached hydrogens (tertiary/aromatic N) is 3. The van der Waals surface area contributed by atoms with Crippen molar-refractivity contribution in [3.63, 3.8) is 0 Å². The van der Waals surface area contributed by atoms with Crippen LogP contribution in [0.5, 0.6) is 0 Å².